The molecule has 0 spiro atoms. The normalized spacial score (nSPS) is 23.0. The van der Waals surface area contributed by atoms with Crippen LogP contribution in [0.25, 0.3) is 0 Å². The molecule has 3 unspecified atom stereocenters. The first kappa shape index (κ1) is 19.0. The van der Waals surface area contributed by atoms with E-state index in [9.17, 15) is 4.79 Å². The zero-order chi connectivity index (χ0) is 18.5. The van der Waals surface area contributed by atoms with E-state index in [1.54, 1.807) is 0 Å². The van der Waals surface area contributed by atoms with Crippen LogP contribution in [0.1, 0.15) is 44.5 Å². The van der Waals surface area contributed by atoms with Crippen molar-refractivity contribution >= 4 is 17.7 Å². The Kier molecular flexibility index (Phi) is 6.35. The van der Waals surface area contributed by atoms with E-state index in [4.69, 9.17) is 0 Å². The Morgan fingerprint density at radius 2 is 2.00 bits per heavy atom. The summed E-state index contributed by atoms with van der Waals surface area (Å²) in [6, 6.07) is 10.5. The van der Waals surface area contributed by atoms with Crippen molar-refractivity contribution in [3.63, 3.8) is 0 Å². The highest BCUT2D eigenvalue weighted by atomic mass is 32.2. The summed E-state index contributed by atoms with van der Waals surface area (Å²) in [5.41, 5.74) is 1.20. The summed E-state index contributed by atoms with van der Waals surface area (Å²) < 4.78 is 2.07. The molecule has 1 aromatic heterocycles. The zero-order valence-corrected chi connectivity index (χ0v) is 16.6. The van der Waals surface area contributed by atoms with Gasteiger partial charge in [-0.2, -0.15) is 0 Å². The van der Waals surface area contributed by atoms with Crippen molar-refractivity contribution in [2.75, 3.05) is 5.75 Å². The van der Waals surface area contributed by atoms with Gasteiger partial charge in [-0.1, -0.05) is 68.8 Å². The number of aromatic nitrogens is 3. The van der Waals surface area contributed by atoms with Crippen LogP contribution in [0.4, 0.5) is 0 Å². The van der Waals surface area contributed by atoms with E-state index in [1.807, 2.05) is 25.1 Å². The molecule has 140 valence electrons. The van der Waals surface area contributed by atoms with Gasteiger partial charge in [0.2, 0.25) is 5.91 Å². The van der Waals surface area contributed by atoms with Crippen molar-refractivity contribution in [2.45, 2.75) is 57.8 Å². The van der Waals surface area contributed by atoms with Gasteiger partial charge in [-0.15, -0.1) is 10.2 Å². The molecule has 6 heteroatoms. The number of benzene rings is 1. The molecule has 3 atom stereocenters. The number of hydrogen-bond acceptors (Lipinski definition) is 4. The molecule has 0 saturated heterocycles. The molecule has 1 aromatic carbocycles. The number of hydrogen-bond donors (Lipinski definition) is 1. The van der Waals surface area contributed by atoms with Crippen molar-refractivity contribution in [3.05, 3.63) is 41.7 Å². The summed E-state index contributed by atoms with van der Waals surface area (Å²) in [6.07, 6.45) is 3.56. The monoisotopic (exact) mass is 372 g/mol. The van der Waals surface area contributed by atoms with Gasteiger partial charge in [0, 0.05) is 6.04 Å². The van der Waals surface area contributed by atoms with E-state index in [2.05, 4.69) is 46.1 Å². The number of amides is 1. The maximum absolute atomic E-state index is 12.4. The molecule has 1 fully saturated rings. The Morgan fingerprint density at radius 1 is 1.23 bits per heavy atom. The first-order chi connectivity index (χ1) is 12.5. The lowest BCUT2D eigenvalue weighted by atomic mass is 9.78. The molecular weight excluding hydrogens is 344 g/mol. The van der Waals surface area contributed by atoms with Crippen LogP contribution in [0.15, 0.2) is 35.5 Å². The molecule has 1 aliphatic carbocycles. The lowest BCUT2D eigenvalue weighted by Gasteiger charge is -2.34. The maximum atomic E-state index is 12.4. The molecular formula is C20H28N4OS. The number of carbonyl (C=O) groups is 1. The summed E-state index contributed by atoms with van der Waals surface area (Å²) in [7, 11) is 0. The SMILES string of the molecule is Cc1nnc(SCC(=O)NC2CCCC(C)C2C)n1Cc1ccccc1. The molecule has 1 aliphatic rings. The molecule has 26 heavy (non-hydrogen) atoms. The lowest BCUT2D eigenvalue weighted by Crippen LogP contribution is -2.44. The van der Waals surface area contributed by atoms with Gasteiger partial charge >= 0.3 is 0 Å². The topological polar surface area (TPSA) is 59.8 Å². The second-order valence-corrected chi connectivity index (χ2v) is 8.27. The Bertz CT molecular complexity index is 731. The van der Waals surface area contributed by atoms with Gasteiger partial charge in [-0.25, -0.2) is 0 Å². The molecule has 0 radical (unpaired) electrons. The average Bonchev–Trinajstić information content (AvgIpc) is 2.98. The van der Waals surface area contributed by atoms with Gasteiger partial charge in [0.25, 0.3) is 0 Å². The van der Waals surface area contributed by atoms with Crippen molar-refractivity contribution < 1.29 is 4.79 Å². The second kappa shape index (κ2) is 8.71. The molecule has 1 amide bonds. The fraction of sp³-hybridized carbons (Fsp3) is 0.550. The van der Waals surface area contributed by atoms with Gasteiger partial charge in [-0.05, 0) is 30.7 Å². The number of aryl methyl sites for hydroxylation is 1. The smallest absolute Gasteiger partial charge is 0.230 e. The Labute approximate surface area is 160 Å². The standard InChI is InChI=1S/C20H28N4OS/c1-14-8-7-11-18(15(14)2)21-19(25)13-26-20-23-22-16(3)24(20)12-17-9-5-4-6-10-17/h4-6,9-10,14-15,18H,7-8,11-13H2,1-3H3,(H,21,25). The largest absolute Gasteiger partial charge is 0.352 e. The third kappa shape index (κ3) is 4.67. The van der Waals surface area contributed by atoms with Gasteiger partial charge in [0.05, 0.1) is 12.3 Å². The predicted octanol–water partition coefficient (Wildman–Crippen LogP) is 3.67. The average molecular weight is 373 g/mol. The summed E-state index contributed by atoms with van der Waals surface area (Å²) in [5.74, 6) is 2.56. The predicted molar refractivity (Wildman–Crippen MR) is 105 cm³/mol. The van der Waals surface area contributed by atoms with Crippen LogP contribution < -0.4 is 5.32 Å². The van der Waals surface area contributed by atoms with Crippen LogP contribution in [0, 0.1) is 18.8 Å². The third-order valence-corrected chi connectivity index (χ3v) is 6.44. The summed E-state index contributed by atoms with van der Waals surface area (Å²) in [5, 5.41) is 12.5. The van der Waals surface area contributed by atoms with Crippen molar-refractivity contribution in [1.82, 2.24) is 20.1 Å². The molecule has 0 aliphatic heterocycles. The Morgan fingerprint density at radius 3 is 2.77 bits per heavy atom. The van der Waals surface area contributed by atoms with Gasteiger partial charge in [-0.3, -0.25) is 4.79 Å². The highest BCUT2D eigenvalue weighted by molar-refractivity contribution is 7.99. The van der Waals surface area contributed by atoms with Crippen LogP contribution >= 0.6 is 11.8 Å². The van der Waals surface area contributed by atoms with Crippen LogP contribution in [-0.4, -0.2) is 32.5 Å². The minimum absolute atomic E-state index is 0.0906. The van der Waals surface area contributed by atoms with Crippen molar-refractivity contribution in [3.8, 4) is 0 Å². The Hall–Kier alpha value is -1.82. The van der Waals surface area contributed by atoms with Gasteiger partial charge in [0.1, 0.15) is 5.82 Å². The van der Waals surface area contributed by atoms with Crippen LogP contribution in [0.5, 0.6) is 0 Å². The number of nitrogens with one attached hydrogen (secondary N) is 1. The summed E-state index contributed by atoms with van der Waals surface area (Å²) in [4.78, 5) is 12.4. The number of nitrogens with zero attached hydrogens (tertiary/aromatic N) is 3. The van der Waals surface area contributed by atoms with Crippen molar-refractivity contribution in [1.29, 1.82) is 0 Å². The second-order valence-electron chi connectivity index (χ2n) is 7.33. The molecule has 0 bridgehead atoms. The van der Waals surface area contributed by atoms with E-state index in [0.29, 0.717) is 23.6 Å². The fourth-order valence-electron chi connectivity index (χ4n) is 3.58. The van der Waals surface area contributed by atoms with E-state index >= 15 is 0 Å². The van der Waals surface area contributed by atoms with Gasteiger partial charge < -0.3 is 9.88 Å². The zero-order valence-electron chi connectivity index (χ0n) is 15.8. The quantitative estimate of drug-likeness (QED) is 0.786. The number of thioether (sulfide) groups is 1. The first-order valence-electron chi connectivity index (χ1n) is 9.40. The van der Waals surface area contributed by atoms with E-state index in [-0.39, 0.29) is 5.91 Å². The molecule has 2 aromatic rings. The van der Waals surface area contributed by atoms with E-state index in [1.165, 1.54) is 30.2 Å². The Balaban J connectivity index is 1.57. The summed E-state index contributed by atoms with van der Waals surface area (Å²) >= 11 is 1.46. The summed E-state index contributed by atoms with van der Waals surface area (Å²) in [6.45, 7) is 7.21. The first-order valence-corrected chi connectivity index (χ1v) is 10.4. The third-order valence-electron chi connectivity index (χ3n) is 5.47. The highest BCUT2D eigenvalue weighted by Gasteiger charge is 2.28. The molecule has 1 N–H and O–H groups in total. The van der Waals surface area contributed by atoms with Crippen molar-refractivity contribution in [2.24, 2.45) is 11.8 Å². The number of carbonyl (C=O) groups excluding carboxylic acids is 1. The van der Waals surface area contributed by atoms with Crippen LogP contribution in [0.2, 0.25) is 0 Å². The van der Waals surface area contributed by atoms with Crippen LogP contribution in [-0.2, 0) is 11.3 Å². The molecule has 1 saturated carbocycles. The fourth-order valence-corrected chi connectivity index (χ4v) is 4.38. The lowest BCUT2D eigenvalue weighted by molar-refractivity contribution is -0.120. The molecule has 5 nitrogen and oxygen atoms in total. The maximum Gasteiger partial charge on any atom is 0.230 e. The van der Waals surface area contributed by atoms with Crippen LogP contribution in [0.3, 0.4) is 0 Å². The van der Waals surface area contributed by atoms with E-state index < -0.39 is 0 Å². The minimum atomic E-state index is 0.0906. The molecule has 3 rings (SSSR count). The minimum Gasteiger partial charge on any atom is -0.352 e. The number of rotatable bonds is 6. The highest BCUT2D eigenvalue weighted by Crippen LogP contribution is 2.29. The van der Waals surface area contributed by atoms with Gasteiger partial charge in [0.15, 0.2) is 5.16 Å². The molecule has 1 heterocycles. The van der Waals surface area contributed by atoms with E-state index in [0.717, 1.165) is 23.9 Å².